The largest absolute Gasteiger partial charge is 0.317 e. The smallest absolute Gasteiger partial charge is 0.214 e. The summed E-state index contributed by atoms with van der Waals surface area (Å²) in [6.07, 6.45) is 1.46. The van der Waals surface area contributed by atoms with Crippen molar-refractivity contribution >= 4 is 10.0 Å². The van der Waals surface area contributed by atoms with Crippen LogP contribution in [0.3, 0.4) is 0 Å². The predicted molar refractivity (Wildman–Crippen MR) is 57.7 cm³/mol. The molecule has 0 aromatic heterocycles. The van der Waals surface area contributed by atoms with Crippen LogP contribution in [0, 0.1) is 5.92 Å². The van der Waals surface area contributed by atoms with Gasteiger partial charge in [-0.1, -0.05) is 13.8 Å². The summed E-state index contributed by atoms with van der Waals surface area (Å²) in [7, 11) is -3.07. The molecule has 0 bridgehead atoms. The summed E-state index contributed by atoms with van der Waals surface area (Å²) in [6.45, 7) is 6.18. The summed E-state index contributed by atoms with van der Waals surface area (Å²) in [4.78, 5) is 0. The number of nitrogens with one attached hydrogen (secondary N) is 2. The van der Waals surface area contributed by atoms with Crippen molar-refractivity contribution in [2.75, 3.05) is 19.6 Å². The van der Waals surface area contributed by atoms with E-state index in [1.54, 1.807) is 0 Å². The van der Waals surface area contributed by atoms with Crippen molar-refractivity contribution < 1.29 is 8.42 Å². The van der Waals surface area contributed by atoms with Crippen LogP contribution >= 0.6 is 0 Å². The van der Waals surface area contributed by atoms with E-state index in [2.05, 4.69) is 10.0 Å². The molecule has 14 heavy (non-hydrogen) atoms. The zero-order valence-electron chi connectivity index (χ0n) is 8.91. The Labute approximate surface area is 86.5 Å². The second-order valence-corrected chi connectivity index (χ2v) is 6.28. The number of rotatable bonds is 4. The van der Waals surface area contributed by atoms with Crippen molar-refractivity contribution in [1.82, 2.24) is 10.0 Å². The molecule has 0 unspecified atom stereocenters. The van der Waals surface area contributed by atoms with Crippen LogP contribution in [0.4, 0.5) is 0 Å². The van der Waals surface area contributed by atoms with Crippen molar-refractivity contribution in [3.63, 3.8) is 0 Å². The lowest BCUT2D eigenvalue weighted by Crippen LogP contribution is -2.42. The quantitative estimate of drug-likeness (QED) is 0.717. The van der Waals surface area contributed by atoms with Crippen molar-refractivity contribution in [1.29, 1.82) is 0 Å². The average molecular weight is 220 g/mol. The van der Waals surface area contributed by atoms with Crippen LogP contribution in [0.2, 0.25) is 0 Å². The Balaban J connectivity index is 2.46. The lowest BCUT2D eigenvalue weighted by atomic mass is 10.2. The molecule has 1 fully saturated rings. The second kappa shape index (κ2) is 5.09. The highest BCUT2D eigenvalue weighted by Gasteiger charge is 2.26. The van der Waals surface area contributed by atoms with Gasteiger partial charge in [-0.25, -0.2) is 13.1 Å². The lowest BCUT2D eigenvalue weighted by molar-refractivity contribution is 0.484. The third-order valence-corrected chi connectivity index (χ3v) is 4.34. The molecule has 0 atom stereocenters. The Morgan fingerprint density at radius 2 is 1.93 bits per heavy atom. The van der Waals surface area contributed by atoms with Gasteiger partial charge in [-0.3, -0.25) is 0 Å². The highest BCUT2D eigenvalue weighted by atomic mass is 32.2. The van der Waals surface area contributed by atoms with Gasteiger partial charge in [0.1, 0.15) is 0 Å². The van der Waals surface area contributed by atoms with Crippen LogP contribution < -0.4 is 10.0 Å². The Morgan fingerprint density at radius 3 is 2.43 bits per heavy atom. The highest BCUT2D eigenvalue weighted by molar-refractivity contribution is 7.90. The number of hydrogen-bond donors (Lipinski definition) is 2. The molecule has 0 radical (unpaired) electrons. The first-order valence-electron chi connectivity index (χ1n) is 5.21. The zero-order chi connectivity index (χ0) is 10.6. The minimum atomic E-state index is -3.07. The molecule has 1 rings (SSSR count). The van der Waals surface area contributed by atoms with Crippen LogP contribution in [0.25, 0.3) is 0 Å². The van der Waals surface area contributed by atoms with E-state index in [-0.39, 0.29) is 5.25 Å². The van der Waals surface area contributed by atoms with Gasteiger partial charge in [-0.15, -0.1) is 0 Å². The lowest BCUT2D eigenvalue weighted by Gasteiger charge is -2.23. The first-order valence-corrected chi connectivity index (χ1v) is 6.76. The SMILES string of the molecule is CC(C)CNS(=O)(=O)C1CCNCC1. The molecule has 1 heterocycles. The Hall–Kier alpha value is -0.130. The summed E-state index contributed by atoms with van der Waals surface area (Å²) in [5.41, 5.74) is 0. The Kier molecular flexibility index (Phi) is 4.34. The van der Waals surface area contributed by atoms with Crippen molar-refractivity contribution in [3.8, 4) is 0 Å². The van der Waals surface area contributed by atoms with Gasteiger partial charge in [0.25, 0.3) is 0 Å². The summed E-state index contributed by atoms with van der Waals surface area (Å²) in [5.74, 6) is 0.367. The van der Waals surface area contributed by atoms with Gasteiger partial charge in [0, 0.05) is 6.54 Å². The summed E-state index contributed by atoms with van der Waals surface area (Å²) >= 11 is 0. The predicted octanol–water partition coefficient (Wildman–Crippen LogP) is 0.314. The van der Waals surface area contributed by atoms with E-state index >= 15 is 0 Å². The molecule has 1 aliphatic rings. The molecule has 0 amide bonds. The van der Waals surface area contributed by atoms with Crippen LogP contribution in [0.1, 0.15) is 26.7 Å². The van der Waals surface area contributed by atoms with Crippen LogP contribution in [-0.4, -0.2) is 33.3 Å². The third-order valence-electron chi connectivity index (χ3n) is 2.42. The summed E-state index contributed by atoms with van der Waals surface area (Å²) < 4.78 is 26.2. The van der Waals surface area contributed by atoms with E-state index in [1.807, 2.05) is 13.8 Å². The van der Waals surface area contributed by atoms with E-state index in [0.29, 0.717) is 12.5 Å². The summed E-state index contributed by atoms with van der Waals surface area (Å²) in [5, 5.41) is 2.97. The van der Waals surface area contributed by atoms with E-state index in [1.165, 1.54) is 0 Å². The first kappa shape index (κ1) is 11.9. The topological polar surface area (TPSA) is 58.2 Å². The van der Waals surface area contributed by atoms with Crippen molar-refractivity contribution in [2.45, 2.75) is 31.9 Å². The standard InChI is InChI=1S/C9H20N2O2S/c1-8(2)7-11-14(12,13)9-3-5-10-6-4-9/h8-11H,3-7H2,1-2H3. The van der Waals surface area contributed by atoms with E-state index in [0.717, 1.165) is 25.9 Å². The number of piperidine rings is 1. The highest BCUT2D eigenvalue weighted by Crippen LogP contribution is 2.11. The number of hydrogen-bond acceptors (Lipinski definition) is 3. The monoisotopic (exact) mass is 220 g/mol. The molecular formula is C9H20N2O2S. The minimum absolute atomic E-state index is 0.192. The fraction of sp³-hybridized carbons (Fsp3) is 1.00. The van der Waals surface area contributed by atoms with Gasteiger partial charge in [0.05, 0.1) is 5.25 Å². The Morgan fingerprint density at radius 1 is 1.36 bits per heavy atom. The van der Waals surface area contributed by atoms with E-state index in [4.69, 9.17) is 0 Å². The van der Waals surface area contributed by atoms with Gasteiger partial charge in [-0.2, -0.15) is 0 Å². The molecule has 0 aromatic carbocycles. The molecule has 2 N–H and O–H groups in total. The van der Waals surface area contributed by atoms with Gasteiger partial charge in [0.2, 0.25) is 10.0 Å². The van der Waals surface area contributed by atoms with Crippen LogP contribution in [-0.2, 0) is 10.0 Å². The average Bonchev–Trinajstić information content (AvgIpc) is 2.16. The fourth-order valence-electron chi connectivity index (χ4n) is 1.51. The molecule has 0 aliphatic carbocycles. The first-order chi connectivity index (χ1) is 6.52. The van der Waals surface area contributed by atoms with Gasteiger partial charge >= 0.3 is 0 Å². The molecular weight excluding hydrogens is 200 g/mol. The van der Waals surface area contributed by atoms with Gasteiger partial charge < -0.3 is 5.32 Å². The van der Waals surface area contributed by atoms with Gasteiger partial charge in [-0.05, 0) is 31.8 Å². The molecule has 0 spiro atoms. The normalized spacial score (nSPS) is 20.2. The maximum Gasteiger partial charge on any atom is 0.214 e. The molecule has 0 aromatic rings. The second-order valence-electron chi connectivity index (χ2n) is 4.24. The van der Waals surface area contributed by atoms with Gasteiger partial charge in [0.15, 0.2) is 0 Å². The molecule has 4 nitrogen and oxygen atoms in total. The van der Waals surface area contributed by atoms with Crippen LogP contribution in [0.5, 0.6) is 0 Å². The maximum atomic E-state index is 11.8. The fourth-order valence-corrected chi connectivity index (χ4v) is 3.16. The molecule has 84 valence electrons. The Bertz CT molecular complexity index is 256. The van der Waals surface area contributed by atoms with E-state index < -0.39 is 10.0 Å². The molecule has 1 aliphatic heterocycles. The molecule has 1 saturated heterocycles. The zero-order valence-corrected chi connectivity index (χ0v) is 9.73. The van der Waals surface area contributed by atoms with E-state index in [9.17, 15) is 8.42 Å². The summed E-state index contributed by atoms with van der Waals surface area (Å²) in [6, 6.07) is 0. The number of sulfonamides is 1. The maximum absolute atomic E-state index is 11.8. The minimum Gasteiger partial charge on any atom is -0.317 e. The third kappa shape index (κ3) is 3.55. The molecule has 5 heteroatoms. The van der Waals surface area contributed by atoms with Crippen molar-refractivity contribution in [2.24, 2.45) is 5.92 Å². The molecule has 0 saturated carbocycles. The van der Waals surface area contributed by atoms with Crippen LogP contribution in [0.15, 0.2) is 0 Å². The van der Waals surface area contributed by atoms with Crippen molar-refractivity contribution in [3.05, 3.63) is 0 Å².